The molecule has 0 spiro atoms. The van der Waals surface area contributed by atoms with E-state index < -0.39 is 0 Å². The Balaban J connectivity index is 1.81. The number of nitrogens with zero attached hydrogens (tertiary/aromatic N) is 3. The number of fused-ring (bicyclic) bond motifs is 1. The van der Waals surface area contributed by atoms with E-state index in [4.69, 9.17) is 9.47 Å². The fourth-order valence-electron chi connectivity index (χ4n) is 3.73. The maximum atomic E-state index is 12.8. The van der Waals surface area contributed by atoms with E-state index in [1.54, 1.807) is 25.4 Å². The van der Waals surface area contributed by atoms with Gasteiger partial charge in [0.15, 0.2) is 0 Å². The van der Waals surface area contributed by atoms with Crippen LogP contribution >= 0.6 is 0 Å². The van der Waals surface area contributed by atoms with Crippen molar-refractivity contribution < 1.29 is 14.3 Å². The van der Waals surface area contributed by atoms with Gasteiger partial charge in [0.2, 0.25) is 5.88 Å². The molecule has 0 bridgehead atoms. The summed E-state index contributed by atoms with van der Waals surface area (Å²) in [6.07, 6.45) is 1.63. The number of rotatable bonds is 4. The van der Waals surface area contributed by atoms with Gasteiger partial charge in [0.05, 0.1) is 20.3 Å². The molecule has 0 aliphatic carbocycles. The minimum Gasteiger partial charge on any atom is -0.480 e. The van der Waals surface area contributed by atoms with Gasteiger partial charge < -0.3 is 19.3 Å². The van der Waals surface area contributed by atoms with Crippen molar-refractivity contribution in [1.29, 1.82) is 0 Å². The first-order chi connectivity index (χ1) is 10.6. The summed E-state index contributed by atoms with van der Waals surface area (Å²) in [5.41, 5.74) is 0.583. The van der Waals surface area contributed by atoms with Gasteiger partial charge in [0.25, 0.3) is 5.91 Å². The number of likely N-dealkylation sites (tertiary alicyclic amines) is 1. The molecular weight excluding hydrogens is 282 g/mol. The van der Waals surface area contributed by atoms with E-state index in [1.807, 2.05) is 4.90 Å². The molecule has 2 aliphatic rings. The second kappa shape index (κ2) is 5.85. The van der Waals surface area contributed by atoms with Crippen molar-refractivity contribution in [3.05, 3.63) is 23.9 Å². The number of ether oxygens (including phenoxy) is 2. The summed E-state index contributed by atoms with van der Waals surface area (Å²) in [4.78, 5) is 21.1. The van der Waals surface area contributed by atoms with Crippen LogP contribution in [0.4, 0.5) is 0 Å². The highest BCUT2D eigenvalue weighted by molar-refractivity contribution is 5.96. The fraction of sp³-hybridized carbons (Fsp3) is 0.625. The van der Waals surface area contributed by atoms with Crippen LogP contribution in [0.3, 0.4) is 0 Å². The first-order valence-electron chi connectivity index (χ1n) is 7.56. The first-order valence-corrected chi connectivity index (χ1v) is 7.56. The van der Waals surface area contributed by atoms with E-state index in [9.17, 15) is 4.79 Å². The molecule has 0 unspecified atom stereocenters. The molecule has 0 aromatic carbocycles. The van der Waals surface area contributed by atoms with Gasteiger partial charge in [-0.05, 0) is 26.2 Å². The summed E-state index contributed by atoms with van der Waals surface area (Å²) in [7, 11) is 5.68. The van der Waals surface area contributed by atoms with Crippen molar-refractivity contribution in [1.82, 2.24) is 14.8 Å². The summed E-state index contributed by atoms with van der Waals surface area (Å²) in [5, 5.41) is 0. The Kier molecular flexibility index (Phi) is 4.06. The summed E-state index contributed by atoms with van der Waals surface area (Å²) < 4.78 is 10.9. The van der Waals surface area contributed by atoms with Crippen LogP contribution in [0.1, 0.15) is 10.4 Å². The number of carbonyl (C=O) groups excluding carboxylic acids is 1. The van der Waals surface area contributed by atoms with Crippen LogP contribution in [-0.4, -0.2) is 74.7 Å². The van der Waals surface area contributed by atoms with Crippen molar-refractivity contribution in [3.63, 3.8) is 0 Å². The molecule has 2 aliphatic heterocycles. The zero-order valence-electron chi connectivity index (χ0n) is 13.4. The molecule has 120 valence electrons. The van der Waals surface area contributed by atoms with Gasteiger partial charge in [-0.1, -0.05) is 0 Å². The molecule has 2 fully saturated rings. The van der Waals surface area contributed by atoms with Crippen LogP contribution in [0, 0.1) is 11.3 Å². The number of hydrogen-bond acceptors (Lipinski definition) is 5. The van der Waals surface area contributed by atoms with Crippen molar-refractivity contribution >= 4 is 5.91 Å². The van der Waals surface area contributed by atoms with E-state index in [0.717, 1.165) is 32.8 Å². The summed E-state index contributed by atoms with van der Waals surface area (Å²) >= 11 is 0. The van der Waals surface area contributed by atoms with Crippen molar-refractivity contribution in [2.24, 2.45) is 11.3 Å². The third-order valence-corrected chi connectivity index (χ3v) is 4.63. The highest BCUT2D eigenvalue weighted by atomic mass is 16.5. The Hall–Kier alpha value is -1.66. The Morgan fingerprint density at radius 1 is 1.59 bits per heavy atom. The molecule has 2 saturated heterocycles. The summed E-state index contributed by atoms with van der Waals surface area (Å²) in [6.45, 7) is 3.87. The molecule has 0 saturated carbocycles. The highest BCUT2D eigenvalue weighted by Crippen LogP contribution is 2.42. The van der Waals surface area contributed by atoms with E-state index in [0.29, 0.717) is 17.4 Å². The van der Waals surface area contributed by atoms with E-state index in [2.05, 4.69) is 24.0 Å². The standard InChI is InChI=1S/C16H23N3O3/c1-18(2)9-16-10-19(7-12(16)8-22-11-16)15(20)13-5-4-6-17-14(13)21-3/h4-6,12H,7-11H2,1-3H3/t12-,16+/m1/s1. The Bertz CT molecular complexity index is 563. The summed E-state index contributed by atoms with van der Waals surface area (Å²) in [6, 6.07) is 3.54. The maximum Gasteiger partial charge on any atom is 0.259 e. The minimum atomic E-state index is -0.00233. The first kappa shape index (κ1) is 15.2. The third kappa shape index (κ3) is 2.57. The zero-order valence-corrected chi connectivity index (χ0v) is 13.4. The van der Waals surface area contributed by atoms with Gasteiger partial charge in [-0.2, -0.15) is 0 Å². The molecule has 6 heteroatoms. The fourth-order valence-corrected chi connectivity index (χ4v) is 3.73. The predicted molar refractivity (Wildman–Crippen MR) is 82.0 cm³/mol. The number of pyridine rings is 1. The molecule has 1 aromatic heterocycles. The summed E-state index contributed by atoms with van der Waals surface area (Å²) in [5.74, 6) is 0.793. The van der Waals surface area contributed by atoms with E-state index in [-0.39, 0.29) is 11.3 Å². The molecule has 2 atom stereocenters. The molecule has 1 amide bonds. The van der Waals surface area contributed by atoms with Gasteiger partial charge >= 0.3 is 0 Å². The number of carbonyl (C=O) groups is 1. The Morgan fingerprint density at radius 2 is 2.41 bits per heavy atom. The quantitative estimate of drug-likeness (QED) is 0.821. The van der Waals surface area contributed by atoms with Crippen LogP contribution in [0.25, 0.3) is 0 Å². The maximum absolute atomic E-state index is 12.8. The van der Waals surface area contributed by atoms with Gasteiger partial charge in [-0.3, -0.25) is 4.79 Å². The topological polar surface area (TPSA) is 54.9 Å². The lowest BCUT2D eigenvalue weighted by Gasteiger charge is -2.30. The monoisotopic (exact) mass is 305 g/mol. The second-order valence-electron chi connectivity index (χ2n) is 6.56. The lowest BCUT2D eigenvalue weighted by molar-refractivity contribution is 0.0693. The molecule has 0 N–H and O–H groups in total. The Labute approximate surface area is 131 Å². The molecule has 22 heavy (non-hydrogen) atoms. The van der Waals surface area contributed by atoms with Crippen LogP contribution in [0.15, 0.2) is 18.3 Å². The van der Waals surface area contributed by atoms with E-state index >= 15 is 0 Å². The average molecular weight is 305 g/mol. The van der Waals surface area contributed by atoms with Crippen LogP contribution < -0.4 is 4.74 Å². The van der Waals surface area contributed by atoms with Gasteiger partial charge in [0, 0.05) is 37.2 Å². The van der Waals surface area contributed by atoms with Gasteiger partial charge in [-0.25, -0.2) is 4.98 Å². The number of methoxy groups -OCH3 is 1. The molecule has 0 radical (unpaired) electrons. The van der Waals surface area contributed by atoms with Crippen molar-refractivity contribution in [2.75, 3.05) is 54.1 Å². The lowest BCUT2D eigenvalue weighted by atomic mass is 9.81. The number of amides is 1. The van der Waals surface area contributed by atoms with Gasteiger partial charge in [-0.15, -0.1) is 0 Å². The largest absolute Gasteiger partial charge is 0.480 e. The molecule has 1 aromatic rings. The Morgan fingerprint density at radius 3 is 3.14 bits per heavy atom. The molecule has 3 rings (SSSR count). The van der Waals surface area contributed by atoms with Crippen LogP contribution in [0.5, 0.6) is 5.88 Å². The molecule has 3 heterocycles. The second-order valence-corrected chi connectivity index (χ2v) is 6.56. The predicted octanol–water partition coefficient (Wildman–Crippen LogP) is 0.740. The molecular formula is C16H23N3O3. The van der Waals surface area contributed by atoms with Gasteiger partial charge in [0.1, 0.15) is 5.56 Å². The normalized spacial score (nSPS) is 27.3. The smallest absolute Gasteiger partial charge is 0.259 e. The van der Waals surface area contributed by atoms with Crippen molar-refractivity contribution in [3.8, 4) is 5.88 Å². The average Bonchev–Trinajstić information content (AvgIpc) is 3.02. The highest BCUT2D eigenvalue weighted by Gasteiger charge is 2.52. The zero-order chi connectivity index (χ0) is 15.7. The van der Waals surface area contributed by atoms with Crippen LogP contribution in [-0.2, 0) is 4.74 Å². The molecule has 6 nitrogen and oxygen atoms in total. The number of aromatic nitrogens is 1. The van der Waals surface area contributed by atoms with Crippen molar-refractivity contribution in [2.45, 2.75) is 0 Å². The third-order valence-electron chi connectivity index (χ3n) is 4.63. The lowest BCUT2D eigenvalue weighted by Crippen LogP contribution is -2.41. The van der Waals surface area contributed by atoms with E-state index in [1.165, 1.54) is 0 Å². The van der Waals surface area contributed by atoms with Crippen LogP contribution in [0.2, 0.25) is 0 Å². The SMILES string of the molecule is COc1ncccc1C(=O)N1C[C@@H]2COC[C@]2(CN(C)C)C1. The number of hydrogen-bond donors (Lipinski definition) is 0. The minimum absolute atomic E-state index is 0.00233.